The van der Waals surface area contributed by atoms with Crippen molar-refractivity contribution in [2.24, 2.45) is 0 Å². The molecule has 0 fully saturated rings. The van der Waals surface area contributed by atoms with Gasteiger partial charge < -0.3 is 14.2 Å². The minimum Gasteiger partial charge on any atom is -0.497 e. The lowest BCUT2D eigenvalue weighted by molar-refractivity contribution is 0.0989. The Morgan fingerprint density at radius 1 is 1.04 bits per heavy atom. The Labute approximate surface area is 140 Å². The Kier molecular flexibility index (Phi) is 3.58. The fraction of sp³-hybridized carbons (Fsp3) is 0.150. The van der Waals surface area contributed by atoms with Crippen molar-refractivity contribution in [3.8, 4) is 11.4 Å². The normalized spacial score (nSPS) is 13.0. The maximum absolute atomic E-state index is 12.8. The minimum absolute atomic E-state index is 0.0398. The summed E-state index contributed by atoms with van der Waals surface area (Å²) in [6, 6.07) is 17.6. The van der Waals surface area contributed by atoms with Gasteiger partial charge in [-0.3, -0.25) is 4.79 Å². The van der Waals surface area contributed by atoms with Crippen LogP contribution in [0.25, 0.3) is 5.69 Å². The van der Waals surface area contributed by atoms with Crippen LogP contribution in [0.5, 0.6) is 5.75 Å². The number of hydrogen-bond acceptors (Lipinski definition) is 2. The molecule has 1 aliphatic heterocycles. The van der Waals surface area contributed by atoms with Crippen LogP contribution in [0.15, 0.2) is 67.0 Å². The number of ether oxygens (including phenoxy) is 1. The fourth-order valence-electron chi connectivity index (χ4n) is 3.15. The lowest BCUT2D eigenvalue weighted by Gasteiger charge is -2.18. The van der Waals surface area contributed by atoms with Crippen molar-refractivity contribution < 1.29 is 9.53 Å². The largest absolute Gasteiger partial charge is 0.497 e. The van der Waals surface area contributed by atoms with Crippen molar-refractivity contribution in [1.82, 2.24) is 4.57 Å². The van der Waals surface area contributed by atoms with Crippen LogP contribution in [0.3, 0.4) is 0 Å². The first kappa shape index (κ1) is 14.6. The molecular weight excluding hydrogens is 300 g/mol. The number of benzene rings is 2. The molecule has 0 spiro atoms. The van der Waals surface area contributed by atoms with Gasteiger partial charge in [-0.15, -0.1) is 0 Å². The van der Waals surface area contributed by atoms with Crippen LogP contribution in [0, 0.1) is 0 Å². The Balaban J connectivity index is 1.59. The predicted octanol–water partition coefficient (Wildman–Crippen LogP) is 3.69. The molecule has 0 radical (unpaired) electrons. The average Bonchev–Trinajstić information content (AvgIpc) is 3.30. The molecule has 3 aromatic rings. The number of nitrogens with zero attached hydrogens (tertiary/aromatic N) is 2. The van der Waals surface area contributed by atoms with E-state index in [2.05, 4.69) is 0 Å². The third-order valence-corrected chi connectivity index (χ3v) is 4.44. The first-order valence-corrected chi connectivity index (χ1v) is 7.98. The molecule has 4 heteroatoms. The molecule has 0 saturated heterocycles. The van der Waals surface area contributed by atoms with Crippen LogP contribution in [0.2, 0.25) is 0 Å². The molecule has 0 bridgehead atoms. The van der Waals surface area contributed by atoms with Gasteiger partial charge in [0, 0.05) is 35.9 Å². The quantitative estimate of drug-likeness (QED) is 0.738. The van der Waals surface area contributed by atoms with E-state index >= 15 is 0 Å². The highest BCUT2D eigenvalue weighted by molar-refractivity contribution is 6.07. The summed E-state index contributed by atoms with van der Waals surface area (Å²) in [5.41, 5.74) is 3.89. The second kappa shape index (κ2) is 5.89. The monoisotopic (exact) mass is 318 g/mol. The maximum atomic E-state index is 12.8. The molecule has 4 rings (SSSR count). The van der Waals surface area contributed by atoms with Crippen LogP contribution in [-0.4, -0.2) is 24.1 Å². The smallest absolute Gasteiger partial charge is 0.258 e. The van der Waals surface area contributed by atoms with Crippen molar-refractivity contribution in [1.29, 1.82) is 0 Å². The van der Waals surface area contributed by atoms with E-state index in [0.717, 1.165) is 29.1 Å². The summed E-state index contributed by atoms with van der Waals surface area (Å²) in [6.45, 7) is 0.709. The molecule has 1 amide bonds. The maximum Gasteiger partial charge on any atom is 0.258 e. The zero-order valence-corrected chi connectivity index (χ0v) is 13.5. The molecule has 1 aromatic heterocycles. The van der Waals surface area contributed by atoms with Crippen LogP contribution >= 0.6 is 0 Å². The Morgan fingerprint density at radius 3 is 2.50 bits per heavy atom. The second-order valence-corrected chi connectivity index (χ2v) is 5.84. The molecule has 0 N–H and O–H groups in total. The van der Waals surface area contributed by atoms with Gasteiger partial charge in [-0.2, -0.15) is 0 Å². The summed E-state index contributed by atoms with van der Waals surface area (Å²) < 4.78 is 7.28. The zero-order valence-electron chi connectivity index (χ0n) is 13.5. The molecule has 24 heavy (non-hydrogen) atoms. The van der Waals surface area contributed by atoms with Crippen molar-refractivity contribution in [2.75, 3.05) is 18.6 Å². The third-order valence-electron chi connectivity index (χ3n) is 4.44. The van der Waals surface area contributed by atoms with E-state index in [0.29, 0.717) is 12.1 Å². The molecule has 0 saturated carbocycles. The van der Waals surface area contributed by atoms with E-state index in [1.807, 2.05) is 76.5 Å². The Hall–Kier alpha value is -3.01. The van der Waals surface area contributed by atoms with Gasteiger partial charge in [-0.1, -0.05) is 0 Å². The number of fused-ring (bicyclic) bond motifs is 1. The summed E-state index contributed by atoms with van der Waals surface area (Å²) in [6.07, 6.45) is 4.83. The van der Waals surface area contributed by atoms with Crippen LogP contribution in [0.1, 0.15) is 15.9 Å². The molecular formula is C20H18N2O2. The van der Waals surface area contributed by atoms with Crippen molar-refractivity contribution in [3.63, 3.8) is 0 Å². The van der Waals surface area contributed by atoms with E-state index in [-0.39, 0.29) is 5.91 Å². The van der Waals surface area contributed by atoms with Crippen LogP contribution in [0.4, 0.5) is 5.69 Å². The van der Waals surface area contributed by atoms with Gasteiger partial charge in [-0.05, 0) is 66.6 Å². The summed E-state index contributed by atoms with van der Waals surface area (Å²) in [5.74, 6) is 0.872. The number of aromatic nitrogens is 1. The van der Waals surface area contributed by atoms with Gasteiger partial charge in [0.15, 0.2) is 0 Å². The highest BCUT2D eigenvalue weighted by Crippen LogP contribution is 2.32. The van der Waals surface area contributed by atoms with E-state index in [4.69, 9.17) is 4.74 Å². The van der Waals surface area contributed by atoms with Gasteiger partial charge in [0.1, 0.15) is 5.75 Å². The number of anilines is 1. The molecule has 0 atom stereocenters. The minimum atomic E-state index is 0.0398. The van der Waals surface area contributed by atoms with E-state index in [1.165, 1.54) is 0 Å². The molecule has 0 aliphatic carbocycles. The van der Waals surface area contributed by atoms with E-state index < -0.39 is 0 Å². The number of rotatable bonds is 3. The standard InChI is InChI=1S/C20H18N2O2/c1-24-18-8-9-19-16(14-18)10-13-22(19)20(23)15-4-6-17(7-5-15)21-11-2-3-12-21/h2-9,11-12,14H,10,13H2,1H3. The third kappa shape index (κ3) is 2.46. The molecule has 1 aliphatic rings. The fourth-order valence-corrected chi connectivity index (χ4v) is 3.15. The topological polar surface area (TPSA) is 34.5 Å². The van der Waals surface area contributed by atoms with E-state index in [1.54, 1.807) is 7.11 Å². The van der Waals surface area contributed by atoms with Crippen LogP contribution < -0.4 is 9.64 Å². The summed E-state index contributed by atoms with van der Waals surface area (Å²) in [5, 5.41) is 0. The molecule has 2 heterocycles. The second-order valence-electron chi connectivity index (χ2n) is 5.84. The highest BCUT2D eigenvalue weighted by atomic mass is 16.5. The molecule has 4 nitrogen and oxygen atoms in total. The lowest BCUT2D eigenvalue weighted by Crippen LogP contribution is -2.28. The number of hydrogen-bond donors (Lipinski definition) is 0. The molecule has 0 unspecified atom stereocenters. The van der Waals surface area contributed by atoms with Gasteiger partial charge in [-0.25, -0.2) is 0 Å². The average molecular weight is 318 g/mol. The Morgan fingerprint density at radius 2 is 1.79 bits per heavy atom. The first-order valence-electron chi connectivity index (χ1n) is 7.98. The van der Waals surface area contributed by atoms with Crippen LogP contribution in [-0.2, 0) is 6.42 Å². The lowest BCUT2D eigenvalue weighted by atomic mass is 10.1. The summed E-state index contributed by atoms with van der Waals surface area (Å²) in [7, 11) is 1.66. The number of carbonyl (C=O) groups is 1. The molecule has 120 valence electrons. The van der Waals surface area contributed by atoms with Gasteiger partial charge in [0.05, 0.1) is 7.11 Å². The summed E-state index contributed by atoms with van der Waals surface area (Å²) in [4.78, 5) is 14.7. The number of carbonyl (C=O) groups excluding carboxylic acids is 1. The zero-order chi connectivity index (χ0) is 16.5. The first-order chi connectivity index (χ1) is 11.8. The van der Waals surface area contributed by atoms with Crippen molar-refractivity contribution in [3.05, 3.63) is 78.1 Å². The van der Waals surface area contributed by atoms with Crippen molar-refractivity contribution in [2.45, 2.75) is 6.42 Å². The van der Waals surface area contributed by atoms with E-state index in [9.17, 15) is 4.79 Å². The Bertz CT molecular complexity index is 867. The van der Waals surface area contributed by atoms with Gasteiger partial charge >= 0.3 is 0 Å². The predicted molar refractivity (Wildman–Crippen MR) is 94.1 cm³/mol. The number of methoxy groups -OCH3 is 1. The number of amides is 1. The SMILES string of the molecule is COc1ccc2c(c1)CCN2C(=O)c1ccc(-n2cccc2)cc1. The van der Waals surface area contributed by atoms with Gasteiger partial charge in [0.25, 0.3) is 5.91 Å². The van der Waals surface area contributed by atoms with Crippen molar-refractivity contribution >= 4 is 11.6 Å². The molecule has 2 aromatic carbocycles. The van der Waals surface area contributed by atoms with Gasteiger partial charge in [0.2, 0.25) is 0 Å². The highest BCUT2D eigenvalue weighted by Gasteiger charge is 2.25. The summed E-state index contributed by atoms with van der Waals surface area (Å²) >= 11 is 0.